The lowest BCUT2D eigenvalue weighted by Gasteiger charge is -2.26. The fraction of sp³-hybridized carbons (Fsp3) is 0.385. The molecule has 0 aliphatic carbocycles. The first-order valence-corrected chi connectivity index (χ1v) is 12.7. The SMILES string of the molecule is CC(C)(C)OC(=O)N1CC[C@@H](F)[C@H](Oc2cccc3ccc(-c4nnc5ccc(Br)cn45)nc23)CC1. The third-order valence-electron chi connectivity index (χ3n) is 5.97. The maximum absolute atomic E-state index is 15.1. The van der Waals surface area contributed by atoms with Crippen LogP contribution in [-0.2, 0) is 4.74 Å². The Hall–Kier alpha value is -3.27. The summed E-state index contributed by atoms with van der Waals surface area (Å²) >= 11 is 3.48. The summed E-state index contributed by atoms with van der Waals surface area (Å²) in [5, 5.41) is 9.40. The topological polar surface area (TPSA) is 81.8 Å². The number of likely N-dealkylation sites (tertiary alicyclic amines) is 1. The van der Waals surface area contributed by atoms with Gasteiger partial charge in [-0.05, 0) is 67.4 Å². The molecule has 1 aliphatic heterocycles. The van der Waals surface area contributed by atoms with E-state index >= 15 is 4.39 Å². The van der Waals surface area contributed by atoms with Crippen molar-refractivity contribution in [3.8, 4) is 17.3 Å². The van der Waals surface area contributed by atoms with Crippen LogP contribution in [0.15, 0.2) is 53.1 Å². The number of hydrogen-bond acceptors (Lipinski definition) is 6. The highest BCUT2D eigenvalue weighted by Gasteiger charge is 2.32. The lowest BCUT2D eigenvalue weighted by molar-refractivity contribution is 0.0252. The number of halogens is 2. The van der Waals surface area contributed by atoms with Crippen LogP contribution in [0, 0.1) is 0 Å². The summed E-state index contributed by atoms with van der Waals surface area (Å²) in [6.45, 7) is 6.08. The molecule has 0 saturated carbocycles. The molecule has 5 rings (SSSR count). The number of pyridine rings is 2. The molecule has 1 saturated heterocycles. The number of ether oxygens (including phenoxy) is 2. The molecule has 1 amide bonds. The largest absolute Gasteiger partial charge is 0.485 e. The Morgan fingerprint density at radius 3 is 2.69 bits per heavy atom. The van der Waals surface area contributed by atoms with Crippen molar-refractivity contribution in [3.05, 3.63) is 53.1 Å². The summed E-state index contributed by atoms with van der Waals surface area (Å²) < 4.78 is 29.5. The van der Waals surface area contributed by atoms with Crippen LogP contribution in [-0.4, -0.2) is 61.5 Å². The molecule has 0 spiro atoms. The van der Waals surface area contributed by atoms with E-state index < -0.39 is 24.0 Å². The second kappa shape index (κ2) is 9.65. The van der Waals surface area contributed by atoms with Crippen molar-refractivity contribution in [2.45, 2.75) is 51.5 Å². The van der Waals surface area contributed by atoms with Gasteiger partial charge in [0.2, 0.25) is 0 Å². The van der Waals surface area contributed by atoms with E-state index in [-0.39, 0.29) is 13.0 Å². The lowest BCUT2D eigenvalue weighted by atomic mass is 10.1. The van der Waals surface area contributed by atoms with Crippen LogP contribution < -0.4 is 4.74 Å². The maximum atomic E-state index is 15.1. The number of aromatic nitrogens is 4. The Balaban J connectivity index is 1.41. The molecule has 4 heterocycles. The van der Waals surface area contributed by atoms with Crippen molar-refractivity contribution in [2.75, 3.05) is 13.1 Å². The molecule has 0 radical (unpaired) electrons. The van der Waals surface area contributed by atoms with Gasteiger partial charge in [-0.1, -0.05) is 18.2 Å². The van der Waals surface area contributed by atoms with Gasteiger partial charge in [0.15, 0.2) is 11.5 Å². The molecule has 0 N–H and O–H groups in total. The standard InChI is InChI=1S/C26H27BrFN5O3/c1-26(2,3)36-25(34)32-13-11-18(28)20(12-14-32)35-21-6-4-5-16-7-9-19(29-23(16)21)24-31-30-22-10-8-17(27)15-33(22)24/h4-10,15,18,20H,11-14H2,1-3H3/t18-,20-/m1/s1. The van der Waals surface area contributed by atoms with Gasteiger partial charge in [-0.25, -0.2) is 14.2 Å². The van der Waals surface area contributed by atoms with Crippen LogP contribution in [0.1, 0.15) is 33.6 Å². The molecule has 1 aliphatic rings. The van der Waals surface area contributed by atoms with Crippen molar-refractivity contribution in [3.63, 3.8) is 0 Å². The summed E-state index contributed by atoms with van der Waals surface area (Å²) in [6.07, 6.45) is 0.0352. The number of fused-ring (bicyclic) bond motifs is 2. The van der Waals surface area contributed by atoms with Crippen LogP contribution in [0.25, 0.3) is 28.1 Å². The van der Waals surface area contributed by atoms with Crippen molar-refractivity contribution in [1.29, 1.82) is 0 Å². The van der Waals surface area contributed by atoms with E-state index in [0.29, 0.717) is 41.4 Å². The molecule has 8 nitrogen and oxygen atoms in total. The predicted octanol–water partition coefficient (Wildman–Crippen LogP) is 5.82. The van der Waals surface area contributed by atoms with Gasteiger partial charge in [-0.2, -0.15) is 0 Å². The molecule has 10 heteroatoms. The number of benzene rings is 1. The zero-order chi connectivity index (χ0) is 25.4. The van der Waals surface area contributed by atoms with Gasteiger partial charge in [-0.3, -0.25) is 4.40 Å². The third-order valence-corrected chi connectivity index (χ3v) is 6.44. The Labute approximate surface area is 216 Å². The molecule has 4 aromatic rings. The normalized spacial score (nSPS) is 18.9. The molecule has 36 heavy (non-hydrogen) atoms. The average Bonchev–Trinajstić information content (AvgIpc) is 3.15. The molecular weight excluding hydrogens is 529 g/mol. The smallest absolute Gasteiger partial charge is 0.410 e. The molecule has 1 aromatic carbocycles. The van der Waals surface area contributed by atoms with Crippen molar-refractivity contribution >= 4 is 38.6 Å². The second-order valence-electron chi connectivity index (χ2n) is 9.84. The van der Waals surface area contributed by atoms with Gasteiger partial charge in [0.25, 0.3) is 0 Å². The number of alkyl halides is 1. The number of nitrogens with zero attached hydrogens (tertiary/aromatic N) is 5. The Bertz CT molecular complexity index is 1420. The van der Waals surface area contributed by atoms with E-state index in [9.17, 15) is 4.79 Å². The first-order valence-electron chi connectivity index (χ1n) is 11.9. The van der Waals surface area contributed by atoms with Crippen molar-refractivity contribution < 1.29 is 18.7 Å². The van der Waals surface area contributed by atoms with E-state index in [1.165, 1.54) is 0 Å². The second-order valence-corrected chi connectivity index (χ2v) is 10.8. The minimum atomic E-state index is -1.23. The van der Waals surface area contributed by atoms with Crippen LogP contribution in [0.4, 0.5) is 9.18 Å². The highest BCUT2D eigenvalue weighted by Crippen LogP contribution is 2.30. The number of amides is 1. The van der Waals surface area contributed by atoms with E-state index in [1.54, 1.807) is 11.0 Å². The van der Waals surface area contributed by atoms with Crippen LogP contribution in [0.5, 0.6) is 5.75 Å². The van der Waals surface area contributed by atoms with Gasteiger partial charge in [0.05, 0.1) is 0 Å². The minimum Gasteiger partial charge on any atom is -0.485 e. The van der Waals surface area contributed by atoms with Crippen LogP contribution in [0.2, 0.25) is 0 Å². The lowest BCUT2D eigenvalue weighted by Crippen LogP contribution is -2.37. The number of carbonyl (C=O) groups excluding carboxylic acids is 1. The number of rotatable bonds is 3. The zero-order valence-corrected chi connectivity index (χ0v) is 21.9. The Kier molecular flexibility index (Phi) is 6.55. The van der Waals surface area contributed by atoms with Crippen molar-refractivity contribution in [2.24, 2.45) is 0 Å². The fourth-order valence-electron chi connectivity index (χ4n) is 4.22. The number of carbonyl (C=O) groups is 1. The first-order chi connectivity index (χ1) is 17.2. The van der Waals surface area contributed by atoms with Gasteiger partial charge < -0.3 is 14.4 Å². The predicted molar refractivity (Wildman–Crippen MR) is 138 cm³/mol. The van der Waals surface area contributed by atoms with E-state index in [0.717, 1.165) is 9.86 Å². The number of hydrogen-bond donors (Lipinski definition) is 0. The van der Waals surface area contributed by atoms with E-state index in [2.05, 4.69) is 26.1 Å². The highest BCUT2D eigenvalue weighted by molar-refractivity contribution is 9.10. The maximum Gasteiger partial charge on any atom is 0.410 e. The monoisotopic (exact) mass is 555 g/mol. The van der Waals surface area contributed by atoms with Gasteiger partial charge in [0, 0.05) is 35.6 Å². The summed E-state index contributed by atoms with van der Waals surface area (Å²) in [5.74, 6) is 1.08. The summed E-state index contributed by atoms with van der Waals surface area (Å²) in [4.78, 5) is 18.9. The Morgan fingerprint density at radius 2 is 1.89 bits per heavy atom. The number of para-hydroxylation sites is 1. The summed E-state index contributed by atoms with van der Waals surface area (Å²) in [6, 6.07) is 13.2. The van der Waals surface area contributed by atoms with Gasteiger partial charge in [0.1, 0.15) is 34.8 Å². The van der Waals surface area contributed by atoms with E-state index in [4.69, 9.17) is 14.5 Å². The third kappa shape index (κ3) is 5.13. The van der Waals surface area contributed by atoms with E-state index in [1.807, 2.05) is 67.8 Å². The molecular formula is C26H27BrFN5O3. The van der Waals surface area contributed by atoms with Crippen molar-refractivity contribution in [1.82, 2.24) is 24.5 Å². The summed E-state index contributed by atoms with van der Waals surface area (Å²) in [7, 11) is 0. The molecule has 3 aromatic heterocycles. The van der Waals surface area contributed by atoms with Crippen LogP contribution in [0.3, 0.4) is 0 Å². The Morgan fingerprint density at radius 1 is 1.08 bits per heavy atom. The molecule has 2 atom stereocenters. The molecule has 0 unspecified atom stereocenters. The van der Waals surface area contributed by atoms with Gasteiger partial charge in [-0.15, -0.1) is 10.2 Å². The van der Waals surface area contributed by atoms with Crippen LogP contribution >= 0.6 is 15.9 Å². The highest BCUT2D eigenvalue weighted by atomic mass is 79.9. The molecule has 1 fully saturated rings. The molecule has 0 bridgehead atoms. The minimum absolute atomic E-state index is 0.175. The first kappa shape index (κ1) is 24.4. The zero-order valence-electron chi connectivity index (χ0n) is 20.3. The average molecular weight is 556 g/mol. The van der Waals surface area contributed by atoms with Gasteiger partial charge >= 0.3 is 6.09 Å². The fourth-order valence-corrected chi connectivity index (χ4v) is 4.56. The quantitative estimate of drug-likeness (QED) is 0.316. The molecule has 188 valence electrons. The summed E-state index contributed by atoms with van der Waals surface area (Å²) in [5.41, 5.74) is 1.33.